The smallest absolute Gasteiger partial charge is 0.0726 e. The fraction of sp³-hybridized carbons (Fsp3) is 0.526. The molecule has 116 valence electrons. The summed E-state index contributed by atoms with van der Waals surface area (Å²) < 4.78 is 5.70. The van der Waals surface area contributed by atoms with Gasteiger partial charge in [0, 0.05) is 36.2 Å². The Kier molecular flexibility index (Phi) is 3.33. The Morgan fingerprint density at radius 2 is 2.14 bits per heavy atom. The summed E-state index contributed by atoms with van der Waals surface area (Å²) in [6, 6.07) is 8.58. The third-order valence-corrected chi connectivity index (χ3v) is 5.46. The van der Waals surface area contributed by atoms with Crippen molar-refractivity contribution < 1.29 is 4.74 Å². The van der Waals surface area contributed by atoms with Gasteiger partial charge in [-0.3, -0.25) is 4.98 Å². The van der Waals surface area contributed by atoms with E-state index in [2.05, 4.69) is 43.0 Å². The SMILES string of the molecule is CCc1c(C)nc2ccccc2c1N1CCC2(CCOC2)C1. The number of para-hydroxylation sites is 1. The number of nitrogens with zero attached hydrogens (tertiary/aromatic N) is 2. The average molecular weight is 296 g/mol. The molecule has 3 heterocycles. The summed E-state index contributed by atoms with van der Waals surface area (Å²) in [5.41, 5.74) is 5.53. The predicted octanol–water partition coefficient (Wildman–Crippen LogP) is 3.72. The summed E-state index contributed by atoms with van der Waals surface area (Å²) in [7, 11) is 0. The van der Waals surface area contributed by atoms with Crippen LogP contribution in [0.5, 0.6) is 0 Å². The first-order valence-electron chi connectivity index (χ1n) is 8.43. The van der Waals surface area contributed by atoms with Gasteiger partial charge in [-0.1, -0.05) is 25.1 Å². The fourth-order valence-electron chi connectivity index (χ4n) is 4.24. The number of ether oxygens (including phenoxy) is 1. The number of aromatic nitrogens is 1. The van der Waals surface area contributed by atoms with Crippen molar-refractivity contribution in [2.24, 2.45) is 5.41 Å². The van der Waals surface area contributed by atoms with Gasteiger partial charge in [0.25, 0.3) is 0 Å². The maximum absolute atomic E-state index is 5.70. The van der Waals surface area contributed by atoms with Gasteiger partial charge >= 0.3 is 0 Å². The van der Waals surface area contributed by atoms with Crippen molar-refractivity contribution in [2.75, 3.05) is 31.2 Å². The number of anilines is 1. The van der Waals surface area contributed by atoms with Gasteiger partial charge in [-0.05, 0) is 37.8 Å². The predicted molar refractivity (Wildman–Crippen MR) is 90.6 cm³/mol. The van der Waals surface area contributed by atoms with Crippen molar-refractivity contribution in [3.63, 3.8) is 0 Å². The minimum atomic E-state index is 0.392. The minimum Gasteiger partial charge on any atom is -0.381 e. The number of rotatable bonds is 2. The molecule has 2 aromatic rings. The van der Waals surface area contributed by atoms with E-state index in [1.807, 2.05) is 0 Å². The van der Waals surface area contributed by atoms with Crippen LogP contribution in [-0.2, 0) is 11.2 Å². The van der Waals surface area contributed by atoms with Crippen LogP contribution in [0.25, 0.3) is 10.9 Å². The van der Waals surface area contributed by atoms with Gasteiger partial charge in [0.1, 0.15) is 0 Å². The lowest BCUT2D eigenvalue weighted by atomic mass is 9.87. The highest BCUT2D eigenvalue weighted by molar-refractivity contribution is 5.94. The maximum Gasteiger partial charge on any atom is 0.0726 e. The molecule has 1 aromatic heterocycles. The molecule has 0 amide bonds. The summed E-state index contributed by atoms with van der Waals surface area (Å²) in [6.45, 7) is 8.54. The van der Waals surface area contributed by atoms with Gasteiger partial charge in [0.05, 0.1) is 17.8 Å². The first-order valence-corrected chi connectivity index (χ1v) is 8.43. The maximum atomic E-state index is 5.70. The zero-order chi connectivity index (χ0) is 15.2. The van der Waals surface area contributed by atoms with E-state index in [4.69, 9.17) is 9.72 Å². The monoisotopic (exact) mass is 296 g/mol. The molecule has 4 rings (SSSR count). The van der Waals surface area contributed by atoms with Gasteiger partial charge in [0.2, 0.25) is 0 Å². The molecule has 1 atom stereocenters. The summed E-state index contributed by atoms with van der Waals surface area (Å²) in [5.74, 6) is 0. The van der Waals surface area contributed by atoms with Crippen molar-refractivity contribution in [1.29, 1.82) is 0 Å². The van der Waals surface area contributed by atoms with Crippen molar-refractivity contribution >= 4 is 16.6 Å². The molecule has 0 radical (unpaired) electrons. The standard InChI is InChI=1S/C19H24N2O/c1-3-15-14(2)20-17-7-5-4-6-16(17)18(15)21-10-8-19(12-21)9-11-22-13-19/h4-7H,3,8-13H2,1-2H3. The summed E-state index contributed by atoms with van der Waals surface area (Å²) in [5, 5.41) is 1.31. The van der Waals surface area contributed by atoms with Crippen LogP contribution in [-0.4, -0.2) is 31.3 Å². The molecule has 1 spiro atoms. The number of fused-ring (bicyclic) bond motifs is 1. The number of benzene rings is 1. The first-order chi connectivity index (χ1) is 10.7. The highest BCUT2D eigenvalue weighted by Gasteiger charge is 2.42. The van der Waals surface area contributed by atoms with Gasteiger partial charge in [-0.15, -0.1) is 0 Å². The Morgan fingerprint density at radius 3 is 2.91 bits per heavy atom. The normalized spacial score (nSPS) is 24.7. The second kappa shape index (κ2) is 5.24. The van der Waals surface area contributed by atoms with Crippen molar-refractivity contribution in [1.82, 2.24) is 4.98 Å². The van der Waals surface area contributed by atoms with Crippen molar-refractivity contribution in [2.45, 2.75) is 33.1 Å². The van der Waals surface area contributed by atoms with Crippen LogP contribution >= 0.6 is 0 Å². The summed E-state index contributed by atoms with van der Waals surface area (Å²) in [4.78, 5) is 7.42. The van der Waals surface area contributed by atoms with Crippen LogP contribution in [0.1, 0.15) is 31.0 Å². The van der Waals surface area contributed by atoms with E-state index >= 15 is 0 Å². The Morgan fingerprint density at radius 1 is 1.27 bits per heavy atom. The number of pyridine rings is 1. The lowest BCUT2D eigenvalue weighted by Gasteiger charge is -2.27. The fourth-order valence-corrected chi connectivity index (χ4v) is 4.24. The topological polar surface area (TPSA) is 25.4 Å². The molecule has 3 nitrogen and oxygen atoms in total. The van der Waals surface area contributed by atoms with E-state index in [0.717, 1.165) is 38.2 Å². The van der Waals surface area contributed by atoms with E-state index < -0.39 is 0 Å². The van der Waals surface area contributed by atoms with E-state index in [1.54, 1.807) is 0 Å². The van der Waals surface area contributed by atoms with Gasteiger partial charge in [-0.25, -0.2) is 0 Å². The molecule has 0 saturated carbocycles. The largest absolute Gasteiger partial charge is 0.381 e. The lowest BCUT2D eigenvalue weighted by molar-refractivity contribution is 0.160. The van der Waals surface area contributed by atoms with Crippen LogP contribution in [0, 0.1) is 12.3 Å². The zero-order valence-corrected chi connectivity index (χ0v) is 13.6. The lowest BCUT2D eigenvalue weighted by Crippen LogP contribution is -2.28. The molecule has 2 aliphatic rings. The quantitative estimate of drug-likeness (QED) is 0.844. The Bertz CT molecular complexity index is 704. The molecular formula is C19H24N2O. The summed E-state index contributed by atoms with van der Waals surface area (Å²) >= 11 is 0. The number of hydrogen-bond acceptors (Lipinski definition) is 3. The molecule has 1 unspecified atom stereocenters. The van der Waals surface area contributed by atoms with Gasteiger partial charge in [0.15, 0.2) is 0 Å². The number of aryl methyl sites for hydroxylation is 1. The number of hydrogen-bond donors (Lipinski definition) is 0. The van der Waals surface area contributed by atoms with Crippen molar-refractivity contribution in [3.8, 4) is 0 Å². The second-order valence-electron chi connectivity index (χ2n) is 6.87. The highest BCUT2D eigenvalue weighted by atomic mass is 16.5. The minimum absolute atomic E-state index is 0.392. The van der Waals surface area contributed by atoms with Crippen LogP contribution in [0.3, 0.4) is 0 Å². The molecule has 0 aliphatic carbocycles. The Hall–Kier alpha value is -1.61. The molecule has 0 bridgehead atoms. The molecule has 2 saturated heterocycles. The Balaban J connectivity index is 1.83. The van der Waals surface area contributed by atoms with E-state index in [0.29, 0.717) is 5.41 Å². The molecule has 22 heavy (non-hydrogen) atoms. The van der Waals surface area contributed by atoms with Crippen LogP contribution < -0.4 is 4.90 Å². The van der Waals surface area contributed by atoms with Gasteiger partial charge in [-0.2, -0.15) is 0 Å². The van der Waals surface area contributed by atoms with Crippen LogP contribution in [0.4, 0.5) is 5.69 Å². The van der Waals surface area contributed by atoms with E-state index in [9.17, 15) is 0 Å². The second-order valence-corrected chi connectivity index (χ2v) is 6.87. The molecule has 2 aliphatic heterocycles. The first kappa shape index (κ1) is 14.0. The highest BCUT2D eigenvalue weighted by Crippen LogP contribution is 2.43. The molecule has 3 heteroatoms. The Labute approximate surface area is 132 Å². The average Bonchev–Trinajstić information content (AvgIpc) is 3.16. The third kappa shape index (κ3) is 2.11. The van der Waals surface area contributed by atoms with Crippen LogP contribution in [0.15, 0.2) is 24.3 Å². The van der Waals surface area contributed by atoms with E-state index in [-0.39, 0.29) is 0 Å². The van der Waals surface area contributed by atoms with Crippen LogP contribution in [0.2, 0.25) is 0 Å². The zero-order valence-electron chi connectivity index (χ0n) is 13.6. The summed E-state index contributed by atoms with van der Waals surface area (Å²) in [6.07, 6.45) is 3.51. The molecule has 2 fully saturated rings. The van der Waals surface area contributed by atoms with Gasteiger partial charge < -0.3 is 9.64 Å². The molecule has 0 N–H and O–H groups in total. The molecular weight excluding hydrogens is 272 g/mol. The third-order valence-electron chi connectivity index (χ3n) is 5.46. The molecule has 1 aromatic carbocycles. The van der Waals surface area contributed by atoms with Crippen molar-refractivity contribution in [3.05, 3.63) is 35.5 Å². The van der Waals surface area contributed by atoms with E-state index in [1.165, 1.54) is 35.2 Å².